The van der Waals surface area contributed by atoms with E-state index in [1.54, 1.807) is 0 Å². The van der Waals surface area contributed by atoms with Gasteiger partial charge in [0.05, 0.1) is 6.42 Å². The summed E-state index contributed by atoms with van der Waals surface area (Å²) < 4.78 is 0. The number of hydrogen-bond acceptors (Lipinski definition) is 2. The Bertz CT molecular complexity index is 595. The molecule has 0 aromatic heterocycles. The van der Waals surface area contributed by atoms with Crippen LogP contribution in [0.15, 0.2) is 54.6 Å². The van der Waals surface area contributed by atoms with Crippen LogP contribution < -0.4 is 0 Å². The van der Waals surface area contributed by atoms with E-state index in [9.17, 15) is 9.90 Å². The molecule has 2 rings (SSSR count). The molecule has 1 unspecified atom stereocenters. The summed E-state index contributed by atoms with van der Waals surface area (Å²) in [6.07, 6.45) is 0.104. The SMILES string of the molecule is Cc1ccccc1CN(C)C(CC(=O)O)c1ccccc1. The summed E-state index contributed by atoms with van der Waals surface area (Å²) in [4.78, 5) is 13.3. The lowest BCUT2D eigenvalue weighted by atomic mass is 10.0. The first-order valence-corrected chi connectivity index (χ1v) is 7.09. The van der Waals surface area contributed by atoms with E-state index in [0.29, 0.717) is 0 Å². The van der Waals surface area contributed by atoms with Crippen LogP contribution in [0.3, 0.4) is 0 Å². The molecule has 0 spiro atoms. The van der Waals surface area contributed by atoms with Crippen molar-refractivity contribution >= 4 is 5.97 Å². The van der Waals surface area contributed by atoms with E-state index < -0.39 is 5.97 Å². The molecule has 0 amide bonds. The highest BCUT2D eigenvalue weighted by Gasteiger charge is 2.20. The van der Waals surface area contributed by atoms with E-state index in [-0.39, 0.29) is 12.5 Å². The van der Waals surface area contributed by atoms with Crippen molar-refractivity contribution in [3.05, 3.63) is 71.3 Å². The first-order chi connectivity index (χ1) is 10.1. The van der Waals surface area contributed by atoms with Gasteiger partial charge in [0.25, 0.3) is 0 Å². The lowest BCUT2D eigenvalue weighted by molar-refractivity contribution is -0.138. The van der Waals surface area contributed by atoms with E-state index in [0.717, 1.165) is 12.1 Å². The minimum atomic E-state index is -0.777. The molecule has 2 aromatic carbocycles. The van der Waals surface area contributed by atoms with Crippen molar-refractivity contribution in [1.82, 2.24) is 4.90 Å². The minimum absolute atomic E-state index is 0.104. The van der Waals surface area contributed by atoms with Crippen LogP contribution >= 0.6 is 0 Å². The predicted molar refractivity (Wildman–Crippen MR) is 84.1 cm³/mol. The molecule has 3 heteroatoms. The van der Waals surface area contributed by atoms with E-state index in [2.05, 4.69) is 24.0 Å². The summed E-state index contributed by atoms with van der Waals surface area (Å²) in [6, 6.07) is 17.9. The van der Waals surface area contributed by atoms with Gasteiger partial charge in [-0.1, -0.05) is 54.6 Å². The van der Waals surface area contributed by atoms with Crippen LogP contribution in [0.25, 0.3) is 0 Å². The normalized spacial score (nSPS) is 12.3. The van der Waals surface area contributed by atoms with Crippen molar-refractivity contribution in [2.45, 2.75) is 25.9 Å². The maximum atomic E-state index is 11.2. The number of aliphatic carboxylic acids is 1. The van der Waals surface area contributed by atoms with E-state index in [4.69, 9.17) is 0 Å². The van der Waals surface area contributed by atoms with Crippen LogP contribution in [0.1, 0.15) is 29.2 Å². The molecular weight excluding hydrogens is 262 g/mol. The number of carboxylic acids is 1. The third-order valence-electron chi connectivity index (χ3n) is 3.77. The maximum absolute atomic E-state index is 11.2. The van der Waals surface area contributed by atoms with Crippen LogP contribution in [0.5, 0.6) is 0 Å². The van der Waals surface area contributed by atoms with Crippen LogP contribution in [-0.4, -0.2) is 23.0 Å². The van der Waals surface area contributed by atoms with Gasteiger partial charge in [0.2, 0.25) is 0 Å². The van der Waals surface area contributed by atoms with E-state index >= 15 is 0 Å². The zero-order valence-electron chi connectivity index (χ0n) is 12.5. The van der Waals surface area contributed by atoms with Gasteiger partial charge in [0.15, 0.2) is 0 Å². The smallest absolute Gasteiger partial charge is 0.305 e. The standard InChI is InChI=1S/C18H21NO2/c1-14-8-6-7-11-16(14)13-19(2)17(12-18(20)21)15-9-4-3-5-10-15/h3-11,17H,12-13H2,1-2H3,(H,20,21). The molecule has 0 aliphatic rings. The summed E-state index contributed by atoms with van der Waals surface area (Å²) >= 11 is 0. The number of rotatable bonds is 6. The quantitative estimate of drug-likeness (QED) is 0.880. The monoisotopic (exact) mass is 283 g/mol. The topological polar surface area (TPSA) is 40.5 Å². The number of carboxylic acid groups (broad SMARTS) is 1. The molecule has 1 atom stereocenters. The second-order valence-electron chi connectivity index (χ2n) is 5.37. The Labute approximate surface area is 125 Å². The van der Waals surface area contributed by atoms with Crippen molar-refractivity contribution in [3.8, 4) is 0 Å². The molecule has 1 N–H and O–H groups in total. The summed E-state index contributed by atoms with van der Waals surface area (Å²) in [6.45, 7) is 2.82. The highest BCUT2D eigenvalue weighted by Crippen LogP contribution is 2.25. The fraction of sp³-hybridized carbons (Fsp3) is 0.278. The molecule has 0 heterocycles. The molecule has 0 aliphatic carbocycles. The number of nitrogens with zero attached hydrogens (tertiary/aromatic N) is 1. The fourth-order valence-electron chi connectivity index (χ4n) is 2.54. The van der Waals surface area contributed by atoms with Gasteiger partial charge in [-0.3, -0.25) is 9.69 Å². The lowest BCUT2D eigenvalue weighted by Gasteiger charge is -2.28. The van der Waals surface area contributed by atoms with Crippen molar-refractivity contribution in [2.24, 2.45) is 0 Å². The predicted octanol–water partition coefficient (Wildman–Crippen LogP) is 3.64. The van der Waals surface area contributed by atoms with Gasteiger partial charge in [-0.25, -0.2) is 0 Å². The number of hydrogen-bond donors (Lipinski definition) is 1. The minimum Gasteiger partial charge on any atom is -0.481 e. The zero-order chi connectivity index (χ0) is 15.2. The van der Waals surface area contributed by atoms with Gasteiger partial charge >= 0.3 is 5.97 Å². The molecule has 0 bridgehead atoms. The molecule has 0 saturated carbocycles. The van der Waals surface area contributed by atoms with Crippen LogP contribution in [0.4, 0.5) is 0 Å². The Morgan fingerprint density at radius 3 is 2.33 bits per heavy atom. The Morgan fingerprint density at radius 1 is 1.10 bits per heavy atom. The van der Waals surface area contributed by atoms with Crippen molar-refractivity contribution in [3.63, 3.8) is 0 Å². The average Bonchev–Trinajstić information content (AvgIpc) is 2.48. The summed E-state index contributed by atoms with van der Waals surface area (Å²) in [7, 11) is 1.98. The molecule has 0 radical (unpaired) electrons. The van der Waals surface area contributed by atoms with Crippen molar-refractivity contribution in [1.29, 1.82) is 0 Å². The second-order valence-corrected chi connectivity index (χ2v) is 5.37. The first kappa shape index (κ1) is 15.3. The van der Waals surface area contributed by atoms with Gasteiger partial charge in [-0.15, -0.1) is 0 Å². The highest BCUT2D eigenvalue weighted by molar-refractivity contribution is 5.68. The molecule has 0 saturated heterocycles. The Kier molecular flexibility index (Phi) is 5.12. The van der Waals surface area contributed by atoms with E-state index in [1.165, 1.54) is 11.1 Å². The van der Waals surface area contributed by atoms with Gasteiger partial charge < -0.3 is 5.11 Å². The number of benzene rings is 2. The van der Waals surface area contributed by atoms with Gasteiger partial charge in [-0.2, -0.15) is 0 Å². The van der Waals surface area contributed by atoms with Crippen molar-refractivity contribution < 1.29 is 9.90 Å². The Balaban J connectivity index is 2.20. The van der Waals surface area contributed by atoms with Crippen molar-refractivity contribution in [2.75, 3.05) is 7.05 Å². The average molecular weight is 283 g/mol. The Morgan fingerprint density at radius 2 is 1.71 bits per heavy atom. The van der Waals surface area contributed by atoms with Gasteiger partial charge in [0, 0.05) is 12.6 Å². The number of aryl methyl sites for hydroxylation is 1. The van der Waals surface area contributed by atoms with Crippen LogP contribution in [0.2, 0.25) is 0 Å². The molecule has 3 nitrogen and oxygen atoms in total. The van der Waals surface area contributed by atoms with Crippen LogP contribution in [-0.2, 0) is 11.3 Å². The summed E-state index contributed by atoms with van der Waals surface area (Å²) in [5.74, 6) is -0.777. The third-order valence-corrected chi connectivity index (χ3v) is 3.77. The maximum Gasteiger partial charge on any atom is 0.305 e. The largest absolute Gasteiger partial charge is 0.481 e. The molecule has 0 fully saturated rings. The first-order valence-electron chi connectivity index (χ1n) is 7.09. The highest BCUT2D eigenvalue weighted by atomic mass is 16.4. The zero-order valence-corrected chi connectivity index (χ0v) is 12.5. The lowest BCUT2D eigenvalue weighted by Crippen LogP contribution is -2.26. The molecule has 110 valence electrons. The molecular formula is C18H21NO2. The Hall–Kier alpha value is -2.13. The number of carbonyl (C=O) groups is 1. The summed E-state index contributed by atoms with van der Waals surface area (Å²) in [5, 5.41) is 9.19. The molecule has 2 aromatic rings. The van der Waals surface area contributed by atoms with Crippen LogP contribution in [0, 0.1) is 6.92 Å². The van der Waals surface area contributed by atoms with Gasteiger partial charge in [0.1, 0.15) is 0 Å². The third kappa shape index (κ3) is 4.17. The van der Waals surface area contributed by atoms with Gasteiger partial charge in [-0.05, 0) is 30.7 Å². The van der Waals surface area contributed by atoms with E-state index in [1.807, 2.05) is 49.5 Å². The molecule has 0 aliphatic heterocycles. The summed E-state index contributed by atoms with van der Waals surface area (Å²) in [5.41, 5.74) is 3.49. The second kappa shape index (κ2) is 7.04. The molecule has 21 heavy (non-hydrogen) atoms. The fourth-order valence-corrected chi connectivity index (χ4v) is 2.54.